The summed E-state index contributed by atoms with van der Waals surface area (Å²) in [6.07, 6.45) is -2.32. The lowest BCUT2D eigenvalue weighted by molar-refractivity contribution is -0.137. The third-order valence-electron chi connectivity index (χ3n) is 5.05. The normalized spacial score (nSPS) is 15.2. The van der Waals surface area contributed by atoms with E-state index in [1.807, 2.05) is 6.92 Å². The molecule has 1 fully saturated rings. The standard InChI is InChI=1S/C21H25F3N2O4/c1-2-9-26(13-27)17-4-3-15(21(22,23)24)12-16(17)25-20(28)19-6-5-18(30-19)14-7-10-29-11-8-14/h3-6,12,14,27H,2,7-11,13H2,1H3,(H,25,28). The zero-order valence-corrected chi connectivity index (χ0v) is 16.7. The lowest BCUT2D eigenvalue weighted by atomic mass is 9.98. The van der Waals surface area contributed by atoms with Crippen molar-refractivity contribution in [3.05, 3.63) is 47.4 Å². The number of rotatable bonds is 7. The van der Waals surface area contributed by atoms with Crippen molar-refractivity contribution in [2.45, 2.75) is 38.3 Å². The van der Waals surface area contributed by atoms with Gasteiger partial charge in [0.15, 0.2) is 5.76 Å². The van der Waals surface area contributed by atoms with Crippen molar-refractivity contribution in [3.63, 3.8) is 0 Å². The maximum atomic E-state index is 13.2. The van der Waals surface area contributed by atoms with E-state index in [4.69, 9.17) is 9.15 Å². The molecule has 0 spiro atoms. The number of carbonyl (C=O) groups is 1. The molecular weight excluding hydrogens is 401 g/mol. The van der Waals surface area contributed by atoms with Crippen LogP contribution < -0.4 is 10.2 Å². The van der Waals surface area contributed by atoms with Crippen LogP contribution in [0.4, 0.5) is 24.5 Å². The molecule has 0 saturated carbocycles. The molecule has 2 aromatic rings. The SMILES string of the molecule is CCCN(CO)c1ccc(C(F)(F)F)cc1NC(=O)c1ccc(C2CCOCC2)o1. The summed E-state index contributed by atoms with van der Waals surface area (Å²) in [5.41, 5.74) is -0.628. The maximum Gasteiger partial charge on any atom is 0.416 e. The van der Waals surface area contributed by atoms with E-state index < -0.39 is 24.4 Å². The third kappa shape index (κ3) is 5.14. The summed E-state index contributed by atoms with van der Waals surface area (Å²) in [7, 11) is 0. The van der Waals surface area contributed by atoms with Crippen molar-refractivity contribution >= 4 is 17.3 Å². The minimum absolute atomic E-state index is 0.0193. The van der Waals surface area contributed by atoms with Gasteiger partial charge in [-0.3, -0.25) is 4.79 Å². The summed E-state index contributed by atoms with van der Waals surface area (Å²) in [6, 6.07) is 6.28. The molecule has 0 atom stereocenters. The number of hydrogen-bond donors (Lipinski definition) is 2. The molecule has 1 aliphatic heterocycles. The van der Waals surface area contributed by atoms with E-state index in [0.29, 0.717) is 37.6 Å². The molecule has 0 radical (unpaired) electrons. The number of amides is 1. The van der Waals surface area contributed by atoms with Crippen molar-refractivity contribution in [2.24, 2.45) is 0 Å². The predicted molar refractivity (Wildman–Crippen MR) is 106 cm³/mol. The molecule has 3 rings (SSSR count). The van der Waals surface area contributed by atoms with Gasteiger partial charge in [0.05, 0.1) is 16.9 Å². The Labute approximate surface area is 172 Å². The first kappa shape index (κ1) is 22.2. The first-order valence-corrected chi connectivity index (χ1v) is 9.89. The van der Waals surface area contributed by atoms with E-state index in [1.165, 1.54) is 17.0 Å². The quantitative estimate of drug-likeness (QED) is 0.633. The minimum Gasteiger partial charge on any atom is -0.456 e. The molecule has 1 aromatic heterocycles. The van der Waals surface area contributed by atoms with E-state index in [-0.39, 0.29) is 17.4 Å². The topological polar surface area (TPSA) is 74.9 Å². The first-order chi connectivity index (χ1) is 14.3. The first-order valence-electron chi connectivity index (χ1n) is 9.89. The fourth-order valence-electron chi connectivity index (χ4n) is 3.49. The highest BCUT2D eigenvalue weighted by molar-refractivity contribution is 6.04. The Bertz CT molecular complexity index is 860. The Balaban J connectivity index is 1.86. The number of ether oxygens (including phenoxy) is 1. The molecule has 2 heterocycles. The minimum atomic E-state index is -4.56. The third-order valence-corrected chi connectivity index (χ3v) is 5.05. The monoisotopic (exact) mass is 426 g/mol. The maximum absolute atomic E-state index is 13.2. The summed E-state index contributed by atoms with van der Waals surface area (Å²) in [4.78, 5) is 14.2. The van der Waals surface area contributed by atoms with Crippen LogP contribution in [0.3, 0.4) is 0 Å². The van der Waals surface area contributed by atoms with Crippen LogP contribution in [0.1, 0.15) is 54.0 Å². The van der Waals surface area contributed by atoms with Gasteiger partial charge in [-0.05, 0) is 49.6 Å². The summed E-state index contributed by atoms with van der Waals surface area (Å²) in [5, 5.41) is 12.1. The number of furan rings is 1. The number of hydrogen-bond acceptors (Lipinski definition) is 5. The number of nitrogens with zero attached hydrogens (tertiary/aromatic N) is 1. The number of halogens is 3. The highest BCUT2D eigenvalue weighted by Gasteiger charge is 2.32. The van der Waals surface area contributed by atoms with E-state index >= 15 is 0 Å². The number of benzene rings is 1. The fraction of sp³-hybridized carbons (Fsp3) is 0.476. The van der Waals surface area contributed by atoms with Gasteiger partial charge in [0.1, 0.15) is 12.5 Å². The van der Waals surface area contributed by atoms with Crippen LogP contribution in [0, 0.1) is 0 Å². The van der Waals surface area contributed by atoms with Gasteiger partial charge in [0.25, 0.3) is 5.91 Å². The Kier molecular flexibility index (Phi) is 7.04. The summed E-state index contributed by atoms with van der Waals surface area (Å²) >= 11 is 0. The van der Waals surface area contributed by atoms with Crippen molar-refractivity contribution < 1.29 is 32.2 Å². The number of alkyl halides is 3. The summed E-state index contributed by atoms with van der Waals surface area (Å²) in [6.45, 7) is 3.14. The van der Waals surface area contributed by atoms with Crippen LogP contribution in [-0.2, 0) is 10.9 Å². The predicted octanol–water partition coefficient (Wildman–Crippen LogP) is 4.61. The molecule has 0 aliphatic carbocycles. The molecule has 6 nitrogen and oxygen atoms in total. The Morgan fingerprint density at radius 3 is 2.60 bits per heavy atom. The van der Waals surface area contributed by atoms with Crippen LogP contribution in [0.5, 0.6) is 0 Å². The van der Waals surface area contributed by atoms with Crippen LogP contribution in [0.25, 0.3) is 0 Å². The second kappa shape index (κ2) is 9.53. The summed E-state index contributed by atoms with van der Waals surface area (Å²) in [5.74, 6) is 0.184. The Morgan fingerprint density at radius 1 is 1.23 bits per heavy atom. The number of anilines is 2. The van der Waals surface area contributed by atoms with Crippen LogP contribution in [0.2, 0.25) is 0 Å². The van der Waals surface area contributed by atoms with Gasteiger partial charge in [0.2, 0.25) is 0 Å². The molecule has 1 aromatic carbocycles. The van der Waals surface area contributed by atoms with E-state index in [2.05, 4.69) is 5.32 Å². The number of nitrogens with one attached hydrogen (secondary N) is 1. The smallest absolute Gasteiger partial charge is 0.416 e. The Morgan fingerprint density at radius 2 is 1.97 bits per heavy atom. The van der Waals surface area contributed by atoms with Gasteiger partial charge < -0.3 is 24.5 Å². The molecule has 2 N–H and O–H groups in total. The largest absolute Gasteiger partial charge is 0.456 e. The van der Waals surface area contributed by atoms with Crippen LogP contribution >= 0.6 is 0 Å². The molecule has 0 unspecified atom stereocenters. The molecule has 9 heteroatoms. The van der Waals surface area contributed by atoms with E-state index in [9.17, 15) is 23.1 Å². The average Bonchev–Trinajstić information content (AvgIpc) is 3.23. The van der Waals surface area contributed by atoms with Gasteiger partial charge in [-0.25, -0.2) is 0 Å². The second-order valence-corrected chi connectivity index (χ2v) is 7.18. The van der Waals surface area contributed by atoms with Crippen LogP contribution in [-0.4, -0.2) is 37.5 Å². The highest BCUT2D eigenvalue weighted by atomic mass is 19.4. The highest BCUT2D eigenvalue weighted by Crippen LogP contribution is 2.36. The second-order valence-electron chi connectivity index (χ2n) is 7.18. The molecule has 1 amide bonds. The van der Waals surface area contributed by atoms with Gasteiger partial charge >= 0.3 is 6.18 Å². The lowest BCUT2D eigenvalue weighted by Crippen LogP contribution is -2.27. The van der Waals surface area contributed by atoms with Crippen molar-refractivity contribution in [1.82, 2.24) is 0 Å². The zero-order valence-electron chi connectivity index (χ0n) is 16.7. The molecule has 30 heavy (non-hydrogen) atoms. The molecule has 164 valence electrons. The Hall–Kier alpha value is -2.52. The number of carbonyl (C=O) groups excluding carboxylic acids is 1. The van der Waals surface area contributed by atoms with E-state index in [1.54, 1.807) is 6.07 Å². The molecule has 1 saturated heterocycles. The number of aliphatic hydroxyl groups excluding tert-OH is 1. The van der Waals surface area contributed by atoms with E-state index in [0.717, 1.165) is 25.0 Å². The van der Waals surface area contributed by atoms with Gasteiger partial charge in [0, 0.05) is 25.7 Å². The van der Waals surface area contributed by atoms with Gasteiger partial charge in [-0.15, -0.1) is 0 Å². The molecule has 0 bridgehead atoms. The molecular formula is C21H25F3N2O4. The summed E-state index contributed by atoms with van der Waals surface area (Å²) < 4.78 is 50.6. The van der Waals surface area contributed by atoms with Gasteiger partial charge in [-0.2, -0.15) is 13.2 Å². The number of aliphatic hydroxyl groups is 1. The lowest BCUT2D eigenvalue weighted by Gasteiger charge is -2.25. The van der Waals surface area contributed by atoms with Crippen molar-refractivity contribution in [3.8, 4) is 0 Å². The average molecular weight is 426 g/mol. The van der Waals surface area contributed by atoms with Crippen LogP contribution in [0.15, 0.2) is 34.7 Å². The molecule has 1 aliphatic rings. The fourth-order valence-corrected chi connectivity index (χ4v) is 3.49. The zero-order chi connectivity index (χ0) is 21.7. The van der Waals surface area contributed by atoms with Crippen molar-refractivity contribution in [1.29, 1.82) is 0 Å². The van der Waals surface area contributed by atoms with Crippen molar-refractivity contribution in [2.75, 3.05) is 36.7 Å². The van der Waals surface area contributed by atoms with Gasteiger partial charge in [-0.1, -0.05) is 6.92 Å².